The van der Waals surface area contributed by atoms with E-state index in [1.807, 2.05) is 26.0 Å². The molecule has 3 nitrogen and oxygen atoms in total. The zero-order valence-electron chi connectivity index (χ0n) is 12.5. The largest absolute Gasteiger partial charge is 0.397 e. The lowest BCUT2D eigenvalue weighted by molar-refractivity contribution is -0.120. The Balaban J connectivity index is 2.83. The van der Waals surface area contributed by atoms with Crippen LogP contribution in [0.3, 0.4) is 0 Å². The maximum Gasteiger partial charge on any atom is 0.227 e. The lowest BCUT2D eigenvalue weighted by Gasteiger charge is -2.17. The zero-order chi connectivity index (χ0) is 14.4. The van der Waals surface area contributed by atoms with E-state index in [1.54, 1.807) is 0 Å². The third-order valence-electron chi connectivity index (χ3n) is 3.57. The standard InChI is InChI=1S/C16H26N2O/c1-5-7-13(8-6-2)16(19)18-15-10-12(4)11(3)9-14(15)17/h9-10,13H,5-8,17H2,1-4H3,(H,18,19). The number of nitrogens with two attached hydrogens (primary N) is 1. The van der Waals surface area contributed by atoms with Crippen LogP contribution in [0.2, 0.25) is 0 Å². The van der Waals surface area contributed by atoms with E-state index in [4.69, 9.17) is 5.73 Å². The highest BCUT2D eigenvalue weighted by Gasteiger charge is 2.17. The number of anilines is 2. The highest BCUT2D eigenvalue weighted by Crippen LogP contribution is 2.24. The summed E-state index contributed by atoms with van der Waals surface area (Å²) in [5.74, 6) is 0.190. The van der Waals surface area contributed by atoms with Gasteiger partial charge in [0.15, 0.2) is 0 Å². The molecule has 3 N–H and O–H groups in total. The molecule has 0 unspecified atom stereocenters. The van der Waals surface area contributed by atoms with Gasteiger partial charge >= 0.3 is 0 Å². The molecule has 1 aromatic carbocycles. The highest BCUT2D eigenvalue weighted by molar-refractivity contribution is 5.95. The Hall–Kier alpha value is -1.51. The number of hydrogen-bond donors (Lipinski definition) is 2. The number of carbonyl (C=O) groups is 1. The summed E-state index contributed by atoms with van der Waals surface area (Å²) in [6, 6.07) is 3.87. The maximum atomic E-state index is 12.3. The zero-order valence-corrected chi connectivity index (χ0v) is 12.5. The number of nitrogen functional groups attached to an aromatic ring is 1. The summed E-state index contributed by atoms with van der Waals surface area (Å²) in [7, 11) is 0. The van der Waals surface area contributed by atoms with Crippen LogP contribution in [0, 0.1) is 19.8 Å². The number of amides is 1. The summed E-state index contributed by atoms with van der Waals surface area (Å²) < 4.78 is 0. The molecule has 1 rings (SSSR count). The molecule has 106 valence electrons. The van der Waals surface area contributed by atoms with E-state index in [1.165, 1.54) is 0 Å². The SMILES string of the molecule is CCCC(CCC)C(=O)Nc1cc(C)c(C)cc1N. The second kappa shape index (κ2) is 7.17. The van der Waals surface area contributed by atoms with Crippen LogP contribution in [0.15, 0.2) is 12.1 Å². The minimum Gasteiger partial charge on any atom is -0.397 e. The van der Waals surface area contributed by atoms with Gasteiger partial charge in [-0.3, -0.25) is 4.79 Å². The predicted molar refractivity (Wildman–Crippen MR) is 82.3 cm³/mol. The van der Waals surface area contributed by atoms with Crippen LogP contribution < -0.4 is 11.1 Å². The molecule has 0 radical (unpaired) electrons. The molecule has 0 atom stereocenters. The molecule has 0 fully saturated rings. The minimum atomic E-state index is 0.0935. The molecule has 0 saturated carbocycles. The van der Waals surface area contributed by atoms with Crippen molar-refractivity contribution in [2.24, 2.45) is 5.92 Å². The van der Waals surface area contributed by atoms with Gasteiger partial charge in [0, 0.05) is 5.92 Å². The third-order valence-corrected chi connectivity index (χ3v) is 3.57. The fourth-order valence-electron chi connectivity index (χ4n) is 2.29. The molecule has 0 aromatic heterocycles. The van der Waals surface area contributed by atoms with E-state index >= 15 is 0 Å². The number of hydrogen-bond acceptors (Lipinski definition) is 2. The van der Waals surface area contributed by atoms with Crippen molar-refractivity contribution in [1.82, 2.24) is 0 Å². The van der Waals surface area contributed by atoms with Gasteiger partial charge in [-0.25, -0.2) is 0 Å². The van der Waals surface area contributed by atoms with Crippen molar-refractivity contribution in [3.8, 4) is 0 Å². The summed E-state index contributed by atoms with van der Waals surface area (Å²) in [6.45, 7) is 8.27. The number of aryl methyl sites for hydroxylation is 2. The van der Waals surface area contributed by atoms with E-state index < -0.39 is 0 Å². The molecule has 3 heteroatoms. The average molecular weight is 262 g/mol. The number of nitrogens with one attached hydrogen (secondary N) is 1. The smallest absolute Gasteiger partial charge is 0.227 e. The fraction of sp³-hybridized carbons (Fsp3) is 0.562. The van der Waals surface area contributed by atoms with Gasteiger partial charge in [-0.2, -0.15) is 0 Å². The third kappa shape index (κ3) is 4.27. The predicted octanol–water partition coefficient (Wildman–Crippen LogP) is 4.04. The first-order valence-electron chi connectivity index (χ1n) is 7.17. The number of carbonyl (C=O) groups excluding carboxylic acids is 1. The van der Waals surface area contributed by atoms with Gasteiger partial charge in [-0.05, 0) is 49.9 Å². The molecule has 1 aromatic rings. The second-order valence-electron chi connectivity index (χ2n) is 5.29. The fourth-order valence-corrected chi connectivity index (χ4v) is 2.29. The summed E-state index contributed by atoms with van der Waals surface area (Å²) in [4.78, 5) is 12.3. The molecule has 0 saturated heterocycles. The van der Waals surface area contributed by atoms with E-state index in [0.717, 1.165) is 42.5 Å². The van der Waals surface area contributed by atoms with Crippen molar-refractivity contribution in [2.45, 2.75) is 53.4 Å². The average Bonchev–Trinajstić information content (AvgIpc) is 2.35. The van der Waals surface area contributed by atoms with Crippen LogP contribution >= 0.6 is 0 Å². The molecule has 0 aliphatic rings. The Kier molecular flexibility index (Phi) is 5.87. The van der Waals surface area contributed by atoms with Crippen molar-refractivity contribution < 1.29 is 4.79 Å². The first-order chi connectivity index (χ1) is 8.99. The molecule has 1 amide bonds. The van der Waals surface area contributed by atoms with Crippen LogP contribution in [-0.4, -0.2) is 5.91 Å². The van der Waals surface area contributed by atoms with Crippen molar-refractivity contribution in [3.63, 3.8) is 0 Å². The molecule has 0 aliphatic heterocycles. The Morgan fingerprint density at radius 2 is 1.68 bits per heavy atom. The summed E-state index contributed by atoms with van der Waals surface area (Å²) >= 11 is 0. The topological polar surface area (TPSA) is 55.1 Å². The molecular weight excluding hydrogens is 236 g/mol. The first kappa shape index (κ1) is 15.5. The Labute approximate surface area is 116 Å². The van der Waals surface area contributed by atoms with Gasteiger partial charge in [0.1, 0.15) is 0 Å². The van der Waals surface area contributed by atoms with Gasteiger partial charge in [0.25, 0.3) is 0 Å². The number of benzene rings is 1. The Morgan fingerprint density at radius 1 is 1.16 bits per heavy atom. The Bertz CT molecular complexity index is 435. The monoisotopic (exact) mass is 262 g/mol. The van der Waals surface area contributed by atoms with Crippen molar-refractivity contribution in [2.75, 3.05) is 11.1 Å². The molecule has 0 aliphatic carbocycles. The van der Waals surface area contributed by atoms with Crippen LogP contribution in [0.4, 0.5) is 11.4 Å². The van der Waals surface area contributed by atoms with E-state index in [9.17, 15) is 4.79 Å². The highest BCUT2D eigenvalue weighted by atomic mass is 16.1. The van der Waals surface area contributed by atoms with Gasteiger partial charge in [0.2, 0.25) is 5.91 Å². The number of rotatable bonds is 6. The minimum absolute atomic E-state index is 0.0935. The molecule has 0 bridgehead atoms. The van der Waals surface area contributed by atoms with Gasteiger partial charge in [-0.15, -0.1) is 0 Å². The van der Waals surface area contributed by atoms with Crippen molar-refractivity contribution >= 4 is 17.3 Å². The second-order valence-corrected chi connectivity index (χ2v) is 5.29. The van der Waals surface area contributed by atoms with Gasteiger partial charge < -0.3 is 11.1 Å². The maximum absolute atomic E-state index is 12.3. The van der Waals surface area contributed by atoms with E-state index in [-0.39, 0.29) is 11.8 Å². The Morgan fingerprint density at radius 3 is 2.21 bits per heavy atom. The first-order valence-corrected chi connectivity index (χ1v) is 7.17. The van der Waals surface area contributed by atoms with Gasteiger partial charge in [0.05, 0.1) is 11.4 Å². The lowest BCUT2D eigenvalue weighted by atomic mass is 9.97. The quantitative estimate of drug-likeness (QED) is 0.760. The van der Waals surface area contributed by atoms with Crippen LogP contribution in [0.1, 0.15) is 50.7 Å². The molecule has 19 heavy (non-hydrogen) atoms. The van der Waals surface area contributed by atoms with Gasteiger partial charge in [-0.1, -0.05) is 26.7 Å². The summed E-state index contributed by atoms with van der Waals surface area (Å²) in [6.07, 6.45) is 3.93. The lowest BCUT2D eigenvalue weighted by Crippen LogP contribution is -2.23. The van der Waals surface area contributed by atoms with Crippen LogP contribution in [0.25, 0.3) is 0 Å². The molecular formula is C16H26N2O. The van der Waals surface area contributed by atoms with Crippen LogP contribution in [0.5, 0.6) is 0 Å². The normalized spacial score (nSPS) is 10.8. The van der Waals surface area contributed by atoms with Crippen LogP contribution in [-0.2, 0) is 4.79 Å². The van der Waals surface area contributed by atoms with E-state index in [0.29, 0.717) is 5.69 Å². The van der Waals surface area contributed by atoms with Crippen molar-refractivity contribution in [1.29, 1.82) is 0 Å². The molecule has 0 heterocycles. The summed E-state index contributed by atoms with van der Waals surface area (Å²) in [5, 5.41) is 2.98. The van der Waals surface area contributed by atoms with E-state index in [2.05, 4.69) is 19.2 Å². The van der Waals surface area contributed by atoms with Crippen molar-refractivity contribution in [3.05, 3.63) is 23.3 Å². The molecule has 0 spiro atoms. The summed E-state index contributed by atoms with van der Waals surface area (Å²) in [5.41, 5.74) is 9.65.